The van der Waals surface area contributed by atoms with E-state index in [1.165, 1.54) is 6.92 Å². The van der Waals surface area contributed by atoms with Crippen LogP contribution in [0.2, 0.25) is 0 Å². The van der Waals surface area contributed by atoms with E-state index in [9.17, 15) is 13.6 Å². The molecule has 4 aromatic carbocycles. The second-order valence-electron chi connectivity index (χ2n) is 8.10. The molecular weight excluding hydrogens is 446 g/mol. The van der Waals surface area contributed by atoms with Crippen LogP contribution in [0.5, 0.6) is 5.75 Å². The summed E-state index contributed by atoms with van der Waals surface area (Å²) in [5.74, 6) is 0.108. The lowest BCUT2D eigenvalue weighted by Gasteiger charge is -2.25. The van der Waals surface area contributed by atoms with Crippen LogP contribution in [0.25, 0.3) is 10.8 Å². The molecule has 4 rings (SSSR count). The highest BCUT2D eigenvalue weighted by Gasteiger charge is 2.21. The highest BCUT2D eigenvalue weighted by molar-refractivity contribution is 7.76. The van der Waals surface area contributed by atoms with Gasteiger partial charge in [0.25, 0.3) is 0 Å². The first kappa shape index (κ1) is 23.8. The number of hydrogen-bond donors (Lipinski definition) is 1. The second kappa shape index (κ2) is 11.2. The Balaban J connectivity index is 1.59. The molecule has 5 nitrogen and oxygen atoms in total. The molecule has 4 aromatic rings. The van der Waals surface area contributed by atoms with Gasteiger partial charge in [0, 0.05) is 31.3 Å². The number of fused-ring (bicyclic) bond motifs is 1. The smallest absolute Gasteiger partial charge is 0.308 e. The van der Waals surface area contributed by atoms with Crippen molar-refractivity contribution in [2.45, 2.75) is 19.3 Å². The summed E-state index contributed by atoms with van der Waals surface area (Å²) in [5.41, 5.74) is 3.22. The summed E-state index contributed by atoms with van der Waals surface area (Å²) in [6.45, 7) is 2.18. The van der Waals surface area contributed by atoms with Gasteiger partial charge in [-0.1, -0.05) is 91.0 Å². The van der Waals surface area contributed by atoms with Crippen molar-refractivity contribution in [3.8, 4) is 5.75 Å². The predicted octanol–water partition coefficient (Wildman–Crippen LogP) is 5.58. The summed E-state index contributed by atoms with van der Waals surface area (Å²) < 4.78 is 29.4. The molecule has 0 saturated heterocycles. The number of carbonyl (C=O) groups excluding carboxylic acids is 1. The van der Waals surface area contributed by atoms with Crippen LogP contribution < -0.4 is 4.74 Å². The Morgan fingerprint density at radius 1 is 0.853 bits per heavy atom. The third-order valence-electron chi connectivity index (χ3n) is 5.87. The van der Waals surface area contributed by atoms with E-state index in [0.717, 1.165) is 27.5 Å². The Kier molecular flexibility index (Phi) is 7.85. The molecule has 174 valence electrons. The van der Waals surface area contributed by atoms with Gasteiger partial charge in [0.05, 0.1) is 0 Å². The van der Waals surface area contributed by atoms with Crippen molar-refractivity contribution >= 4 is 28.0 Å². The van der Waals surface area contributed by atoms with Gasteiger partial charge in [-0.25, -0.2) is 4.21 Å². The maximum Gasteiger partial charge on any atom is 0.308 e. The summed E-state index contributed by atoms with van der Waals surface area (Å²) in [4.78, 5) is 11.5. The molecule has 0 fully saturated rings. The molecular formula is C28H27NO4S. The number of nitrogens with zero attached hydrogens (tertiary/aromatic N) is 1. The second-order valence-corrected chi connectivity index (χ2v) is 9.08. The molecule has 0 heterocycles. The van der Waals surface area contributed by atoms with Crippen LogP contribution in [0.4, 0.5) is 0 Å². The Bertz CT molecular complexity index is 1240. The lowest BCUT2D eigenvalue weighted by Crippen LogP contribution is -2.32. The lowest BCUT2D eigenvalue weighted by molar-refractivity contribution is -0.131. The molecule has 0 spiro atoms. The first-order chi connectivity index (χ1) is 16.5. The Hall–Kier alpha value is -3.32. The van der Waals surface area contributed by atoms with Crippen molar-refractivity contribution in [2.24, 2.45) is 0 Å². The normalized spacial score (nSPS) is 12.2. The Labute approximate surface area is 202 Å². The van der Waals surface area contributed by atoms with E-state index in [1.807, 2.05) is 66.7 Å². The van der Waals surface area contributed by atoms with E-state index in [2.05, 4.69) is 24.3 Å². The quantitative estimate of drug-likeness (QED) is 0.196. The van der Waals surface area contributed by atoms with E-state index < -0.39 is 11.3 Å². The van der Waals surface area contributed by atoms with Crippen LogP contribution in [-0.2, 0) is 22.5 Å². The van der Waals surface area contributed by atoms with Crippen molar-refractivity contribution < 1.29 is 18.3 Å². The summed E-state index contributed by atoms with van der Waals surface area (Å²) in [6.07, 6.45) is 0.573. The van der Waals surface area contributed by atoms with Gasteiger partial charge in [0.2, 0.25) is 11.3 Å². The van der Waals surface area contributed by atoms with Gasteiger partial charge in [0.1, 0.15) is 5.75 Å². The predicted molar refractivity (Wildman–Crippen MR) is 136 cm³/mol. The van der Waals surface area contributed by atoms with Crippen LogP contribution in [0, 0.1) is 0 Å². The highest BCUT2D eigenvalue weighted by atomic mass is 32.2. The lowest BCUT2D eigenvalue weighted by atomic mass is 9.91. The number of rotatable bonds is 9. The molecule has 0 aliphatic rings. The highest BCUT2D eigenvalue weighted by Crippen LogP contribution is 2.30. The van der Waals surface area contributed by atoms with Gasteiger partial charge in [-0.2, -0.15) is 4.31 Å². The topological polar surface area (TPSA) is 66.8 Å². The standard InChI is InChI=1S/C28H27NO4S/c1-21(30)33-28-17-9-15-25-24(14-8-16-26(25)28)18-19-29(34(31)32)20-27(22-10-4-2-5-11-22)23-12-6-3-7-13-23/h2-17,27H,18-20H2,1H3,(H,31,32). The molecule has 0 aliphatic carbocycles. The molecule has 0 bridgehead atoms. The third kappa shape index (κ3) is 5.78. The molecule has 0 radical (unpaired) electrons. The van der Waals surface area contributed by atoms with Crippen LogP contribution in [0.15, 0.2) is 97.1 Å². The first-order valence-corrected chi connectivity index (χ1v) is 12.2. The molecule has 0 aromatic heterocycles. The Morgan fingerprint density at radius 3 is 2.03 bits per heavy atom. The van der Waals surface area contributed by atoms with E-state index in [4.69, 9.17) is 4.74 Å². The third-order valence-corrected chi connectivity index (χ3v) is 6.64. The molecule has 1 N–H and O–H groups in total. The van der Waals surface area contributed by atoms with Crippen LogP contribution in [-0.4, -0.2) is 32.1 Å². The van der Waals surface area contributed by atoms with E-state index in [1.54, 1.807) is 10.4 Å². The maximum atomic E-state index is 12.3. The van der Waals surface area contributed by atoms with Crippen molar-refractivity contribution in [3.05, 3.63) is 114 Å². The van der Waals surface area contributed by atoms with Crippen molar-refractivity contribution in [1.29, 1.82) is 0 Å². The summed E-state index contributed by atoms with van der Waals surface area (Å²) in [7, 11) is 0. The van der Waals surface area contributed by atoms with Gasteiger partial charge >= 0.3 is 5.97 Å². The number of benzene rings is 4. The van der Waals surface area contributed by atoms with E-state index in [-0.39, 0.29) is 11.9 Å². The maximum absolute atomic E-state index is 12.3. The summed E-state index contributed by atoms with van der Waals surface area (Å²) in [6, 6.07) is 31.6. The number of hydrogen-bond acceptors (Lipinski definition) is 3. The largest absolute Gasteiger partial charge is 0.426 e. The van der Waals surface area contributed by atoms with Gasteiger partial charge in [-0.15, -0.1) is 0 Å². The average Bonchev–Trinajstić information content (AvgIpc) is 2.85. The molecule has 34 heavy (non-hydrogen) atoms. The fourth-order valence-corrected chi connectivity index (χ4v) is 4.79. The summed E-state index contributed by atoms with van der Waals surface area (Å²) in [5, 5.41) is 1.81. The van der Waals surface area contributed by atoms with Crippen LogP contribution >= 0.6 is 0 Å². The zero-order chi connectivity index (χ0) is 23.9. The van der Waals surface area contributed by atoms with Gasteiger partial charge in [-0.3, -0.25) is 9.35 Å². The fourth-order valence-electron chi connectivity index (χ4n) is 4.26. The van der Waals surface area contributed by atoms with E-state index >= 15 is 0 Å². The molecule has 0 saturated carbocycles. The monoisotopic (exact) mass is 473 g/mol. The Morgan fingerprint density at radius 2 is 1.44 bits per heavy atom. The molecule has 1 atom stereocenters. The summed E-state index contributed by atoms with van der Waals surface area (Å²) >= 11 is -2.13. The molecule has 6 heteroatoms. The molecule has 0 amide bonds. The van der Waals surface area contributed by atoms with Crippen molar-refractivity contribution in [1.82, 2.24) is 4.31 Å². The number of ether oxygens (including phenoxy) is 1. The van der Waals surface area contributed by atoms with Crippen molar-refractivity contribution in [3.63, 3.8) is 0 Å². The van der Waals surface area contributed by atoms with Crippen LogP contribution in [0.3, 0.4) is 0 Å². The molecule has 0 aliphatic heterocycles. The number of carbonyl (C=O) groups is 1. The van der Waals surface area contributed by atoms with Gasteiger partial charge in [-0.05, 0) is 34.6 Å². The zero-order valence-electron chi connectivity index (χ0n) is 19.0. The molecule has 1 unspecified atom stereocenters. The minimum absolute atomic E-state index is 0.0402. The fraction of sp³-hybridized carbons (Fsp3) is 0.179. The van der Waals surface area contributed by atoms with Crippen LogP contribution in [0.1, 0.15) is 29.5 Å². The minimum Gasteiger partial charge on any atom is -0.426 e. The average molecular weight is 474 g/mol. The minimum atomic E-state index is -2.13. The first-order valence-electron chi connectivity index (χ1n) is 11.2. The van der Waals surface area contributed by atoms with Gasteiger partial charge in [0.15, 0.2) is 0 Å². The number of esters is 1. The SMILES string of the molecule is CC(=O)Oc1cccc2c(CCN(CC(c3ccccc3)c3ccccc3)S(=O)O)cccc12. The van der Waals surface area contributed by atoms with E-state index in [0.29, 0.717) is 25.3 Å². The van der Waals surface area contributed by atoms with Gasteiger partial charge < -0.3 is 4.74 Å². The van der Waals surface area contributed by atoms with Crippen molar-refractivity contribution in [2.75, 3.05) is 13.1 Å². The zero-order valence-corrected chi connectivity index (χ0v) is 19.8.